The molecular formula is C16H18N2O2S. The van der Waals surface area contributed by atoms with Crippen LogP contribution < -0.4 is 10.6 Å². The number of benzene rings is 2. The van der Waals surface area contributed by atoms with Gasteiger partial charge in [0.05, 0.1) is 12.3 Å². The van der Waals surface area contributed by atoms with Gasteiger partial charge in [-0.15, -0.1) is 11.8 Å². The topological polar surface area (TPSA) is 58.2 Å². The zero-order valence-corrected chi connectivity index (χ0v) is 12.7. The summed E-state index contributed by atoms with van der Waals surface area (Å²) in [5, 5.41) is 7.58. The molecule has 2 rings (SSSR count). The van der Waals surface area contributed by atoms with Crippen molar-refractivity contribution in [3.63, 3.8) is 0 Å². The highest BCUT2D eigenvalue weighted by molar-refractivity contribution is 8.00. The normalized spacial score (nSPS) is 10.3. The predicted molar refractivity (Wildman–Crippen MR) is 86.4 cm³/mol. The Morgan fingerprint density at radius 2 is 1.76 bits per heavy atom. The third kappa shape index (κ3) is 4.79. The van der Waals surface area contributed by atoms with E-state index in [0.29, 0.717) is 12.3 Å². The third-order valence-corrected chi connectivity index (χ3v) is 3.90. The molecule has 0 radical (unpaired) electrons. The van der Waals surface area contributed by atoms with Crippen LogP contribution in [0.3, 0.4) is 0 Å². The van der Waals surface area contributed by atoms with E-state index in [0.717, 1.165) is 10.3 Å². The van der Waals surface area contributed by atoms with Crippen molar-refractivity contribution in [1.29, 1.82) is 0 Å². The Hall–Kier alpha value is -2.01. The smallest absolute Gasteiger partial charge is 0.239 e. The van der Waals surface area contributed by atoms with Crippen molar-refractivity contribution in [2.75, 3.05) is 18.8 Å². The van der Waals surface area contributed by atoms with Gasteiger partial charge < -0.3 is 10.6 Å². The summed E-state index contributed by atoms with van der Waals surface area (Å²) in [5.41, 5.74) is 0. The second kappa shape index (κ2) is 7.69. The third-order valence-electron chi connectivity index (χ3n) is 2.91. The molecule has 0 spiro atoms. The van der Waals surface area contributed by atoms with Crippen LogP contribution in [-0.2, 0) is 9.59 Å². The highest BCUT2D eigenvalue weighted by atomic mass is 32.2. The van der Waals surface area contributed by atoms with Crippen molar-refractivity contribution in [3.8, 4) is 0 Å². The van der Waals surface area contributed by atoms with Crippen molar-refractivity contribution in [2.45, 2.75) is 11.8 Å². The van der Waals surface area contributed by atoms with Gasteiger partial charge in [-0.1, -0.05) is 30.3 Å². The first-order valence-electron chi connectivity index (χ1n) is 6.84. The molecule has 2 N–H and O–H groups in total. The lowest BCUT2D eigenvalue weighted by atomic mass is 10.1. The predicted octanol–water partition coefficient (Wildman–Crippen LogP) is 2.18. The van der Waals surface area contributed by atoms with Crippen LogP contribution in [0.4, 0.5) is 0 Å². The summed E-state index contributed by atoms with van der Waals surface area (Å²) < 4.78 is 0. The molecule has 2 aromatic carbocycles. The standard InChI is InChI=1S/C16H18N2O2S/c1-2-17-15(19)10-18-16(20)11-21-14-8-7-12-5-3-4-6-13(12)9-14/h3-9H,2,10-11H2,1H3,(H,17,19)(H,18,20). The van der Waals surface area contributed by atoms with E-state index in [-0.39, 0.29) is 18.4 Å². The Morgan fingerprint density at radius 3 is 2.52 bits per heavy atom. The molecule has 2 amide bonds. The maximum atomic E-state index is 11.7. The Labute approximate surface area is 128 Å². The Bertz CT molecular complexity index is 643. The van der Waals surface area contributed by atoms with E-state index in [1.54, 1.807) is 0 Å². The number of nitrogens with one attached hydrogen (secondary N) is 2. The van der Waals surface area contributed by atoms with Gasteiger partial charge in [0.15, 0.2) is 0 Å². The average Bonchev–Trinajstić information content (AvgIpc) is 2.51. The van der Waals surface area contributed by atoms with Gasteiger partial charge in [-0.2, -0.15) is 0 Å². The largest absolute Gasteiger partial charge is 0.355 e. The van der Waals surface area contributed by atoms with E-state index < -0.39 is 0 Å². The van der Waals surface area contributed by atoms with Crippen LogP contribution in [0.25, 0.3) is 10.8 Å². The molecule has 0 saturated heterocycles. The fraction of sp³-hybridized carbons (Fsp3) is 0.250. The second-order valence-corrected chi connectivity index (χ2v) is 5.58. The number of carbonyl (C=O) groups excluding carboxylic acids is 2. The van der Waals surface area contributed by atoms with Crippen LogP contribution in [0.5, 0.6) is 0 Å². The van der Waals surface area contributed by atoms with Gasteiger partial charge in [-0.3, -0.25) is 9.59 Å². The minimum Gasteiger partial charge on any atom is -0.355 e. The fourth-order valence-corrected chi connectivity index (χ4v) is 2.67. The Balaban J connectivity index is 1.83. The molecule has 0 aliphatic rings. The molecule has 4 nitrogen and oxygen atoms in total. The van der Waals surface area contributed by atoms with Crippen molar-refractivity contribution in [3.05, 3.63) is 42.5 Å². The fourth-order valence-electron chi connectivity index (χ4n) is 1.90. The summed E-state index contributed by atoms with van der Waals surface area (Å²) in [6, 6.07) is 14.2. The number of thioether (sulfide) groups is 1. The van der Waals surface area contributed by atoms with Crippen LogP contribution in [0.1, 0.15) is 6.92 Å². The monoisotopic (exact) mass is 302 g/mol. The maximum absolute atomic E-state index is 11.7. The number of likely N-dealkylation sites (N-methyl/N-ethyl adjacent to an activating group) is 1. The van der Waals surface area contributed by atoms with Crippen LogP contribution >= 0.6 is 11.8 Å². The minimum atomic E-state index is -0.165. The van der Waals surface area contributed by atoms with E-state index in [1.807, 2.05) is 31.2 Å². The Kier molecular flexibility index (Phi) is 5.63. The van der Waals surface area contributed by atoms with E-state index in [1.165, 1.54) is 17.1 Å². The van der Waals surface area contributed by atoms with Gasteiger partial charge >= 0.3 is 0 Å². The summed E-state index contributed by atoms with van der Waals surface area (Å²) in [6.07, 6.45) is 0. The number of carbonyl (C=O) groups is 2. The van der Waals surface area contributed by atoms with Crippen molar-refractivity contribution in [1.82, 2.24) is 10.6 Å². The van der Waals surface area contributed by atoms with E-state index in [2.05, 4.69) is 28.8 Å². The maximum Gasteiger partial charge on any atom is 0.239 e. The first-order valence-corrected chi connectivity index (χ1v) is 7.82. The van der Waals surface area contributed by atoms with E-state index in [4.69, 9.17) is 0 Å². The summed E-state index contributed by atoms with van der Waals surface area (Å²) >= 11 is 1.46. The molecule has 0 aliphatic heterocycles. The van der Waals surface area contributed by atoms with Crippen LogP contribution in [0.15, 0.2) is 47.4 Å². The van der Waals surface area contributed by atoms with Crippen LogP contribution in [0, 0.1) is 0 Å². The van der Waals surface area contributed by atoms with Gasteiger partial charge in [-0.05, 0) is 29.8 Å². The zero-order chi connectivity index (χ0) is 15.1. The first kappa shape index (κ1) is 15.4. The molecular weight excluding hydrogens is 284 g/mol. The second-order valence-electron chi connectivity index (χ2n) is 4.53. The van der Waals surface area contributed by atoms with Gasteiger partial charge in [-0.25, -0.2) is 0 Å². The van der Waals surface area contributed by atoms with Gasteiger partial charge in [0.25, 0.3) is 0 Å². The minimum absolute atomic E-state index is 0.0327. The highest BCUT2D eigenvalue weighted by Gasteiger charge is 2.05. The molecule has 0 fully saturated rings. The average molecular weight is 302 g/mol. The molecule has 0 unspecified atom stereocenters. The molecule has 0 heterocycles. The quantitative estimate of drug-likeness (QED) is 0.804. The number of hydrogen-bond donors (Lipinski definition) is 2. The molecule has 5 heteroatoms. The highest BCUT2D eigenvalue weighted by Crippen LogP contribution is 2.23. The lowest BCUT2D eigenvalue weighted by Gasteiger charge is -2.06. The van der Waals surface area contributed by atoms with Gasteiger partial charge in [0.1, 0.15) is 0 Å². The lowest BCUT2D eigenvalue weighted by molar-refractivity contribution is -0.124. The van der Waals surface area contributed by atoms with Crippen molar-refractivity contribution >= 4 is 34.3 Å². The van der Waals surface area contributed by atoms with Crippen molar-refractivity contribution in [2.24, 2.45) is 0 Å². The number of amides is 2. The molecule has 0 saturated carbocycles. The molecule has 0 aromatic heterocycles. The van der Waals surface area contributed by atoms with Gasteiger partial charge in [0.2, 0.25) is 11.8 Å². The molecule has 2 aromatic rings. The lowest BCUT2D eigenvalue weighted by Crippen LogP contribution is -2.37. The number of hydrogen-bond acceptors (Lipinski definition) is 3. The molecule has 110 valence electrons. The summed E-state index contributed by atoms with van der Waals surface area (Å²) in [5.74, 6) is -0.00134. The van der Waals surface area contributed by atoms with Crippen molar-refractivity contribution < 1.29 is 9.59 Å². The molecule has 21 heavy (non-hydrogen) atoms. The first-order chi connectivity index (χ1) is 10.2. The molecule has 0 atom stereocenters. The molecule has 0 bridgehead atoms. The summed E-state index contributed by atoms with van der Waals surface area (Å²) in [6.45, 7) is 2.45. The zero-order valence-electron chi connectivity index (χ0n) is 11.9. The number of fused-ring (bicyclic) bond motifs is 1. The summed E-state index contributed by atoms with van der Waals surface area (Å²) in [7, 11) is 0. The van der Waals surface area contributed by atoms with Crippen LogP contribution in [-0.4, -0.2) is 30.7 Å². The SMILES string of the molecule is CCNC(=O)CNC(=O)CSc1ccc2ccccc2c1. The van der Waals surface area contributed by atoms with Crippen LogP contribution in [0.2, 0.25) is 0 Å². The molecule has 0 aliphatic carbocycles. The van der Waals surface area contributed by atoms with E-state index >= 15 is 0 Å². The summed E-state index contributed by atoms with van der Waals surface area (Å²) in [4.78, 5) is 24.0. The van der Waals surface area contributed by atoms with Gasteiger partial charge in [0, 0.05) is 11.4 Å². The number of rotatable bonds is 6. The Morgan fingerprint density at radius 1 is 1.00 bits per heavy atom. The van der Waals surface area contributed by atoms with E-state index in [9.17, 15) is 9.59 Å².